The lowest BCUT2D eigenvalue weighted by Gasteiger charge is -2.08. The molecule has 0 rings (SSSR count). The summed E-state index contributed by atoms with van der Waals surface area (Å²) >= 11 is 1.99. The van der Waals surface area contributed by atoms with E-state index in [2.05, 4.69) is 20.4 Å². The van der Waals surface area contributed by atoms with Crippen molar-refractivity contribution < 1.29 is 0 Å². The normalized spacial score (nSPS) is 13.0. The highest BCUT2D eigenvalue weighted by Gasteiger charge is 1.99. The smallest absolute Gasteiger partial charge is 0.00308 e. The van der Waals surface area contributed by atoms with Gasteiger partial charge in [0.1, 0.15) is 0 Å². The minimum atomic E-state index is 0.708. The fourth-order valence-corrected chi connectivity index (χ4v) is 1.92. The summed E-state index contributed by atoms with van der Waals surface area (Å²) in [5.41, 5.74) is 6.71. The summed E-state index contributed by atoms with van der Waals surface area (Å²) in [6, 6.07) is 0. The molecule has 2 heteroatoms. The summed E-state index contributed by atoms with van der Waals surface area (Å²) in [5.74, 6) is 1.19. The molecular weight excluding hydrogens is 154 g/mol. The van der Waals surface area contributed by atoms with Gasteiger partial charge < -0.3 is 5.73 Å². The first kappa shape index (κ1) is 11.1. The molecule has 2 N–H and O–H groups in total. The van der Waals surface area contributed by atoms with Gasteiger partial charge in [-0.25, -0.2) is 0 Å². The van der Waals surface area contributed by atoms with Gasteiger partial charge in [-0.05, 0) is 32.1 Å². The first-order chi connectivity index (χ1) is 5.16. The molecule has 1 nitrogen and oxygen atoms in total. The average Bonchev–Trinajstić information content (AvgIpc) is 1.87. The maximum atomic E-state index is 5.43. The van der Waals surface area contributed by atoms with Gasteiger partial charge in [0.15, 0.2) is 0 Å². The Balaban J connectivity index is 3.16. The third-order valence-corrected chi connectivity index (χ3v) is 2.75. The molecule has 66 valence electrons. The number of rotatable bonds is 6. The fourth-order valence-electron chi connectivity index (χ4n) is 0.752. The molecule has 0 aromatic carbocycles. The quantitative estimate of drug-likeness (QED) is 0.624. The van der Waals surface area contributed by atoms with Gasteiger partial charge in [-0.2, -0.15) is 11.8 Å². The van der Waals surface area contributed by atoms with Crippen molar-refractivity contribution in [2.45, 2.75) is 31.9 Å². The van der Waals surface area contributed by atoms with Crippen LogP contribution in [0.3, 0.4) is 0 Å². The molecule has 1 unspecified atom stereocenters. The molecule has 0 aliphatic heterocycles. The molecule has 1 atom stereocenters. The zero-order valence-corrected chi connectivity index (χ0v) is 8.41. The molecule has 0 saturated carbocycles. The lowest BCUT2D eigenvalue weighted by Crippen LogP contribution is -2.07. The van der Waals surface area contributed by atoms with Gasteiger partial charge in [0.25, 0.3) is 0 Å². The molecule has 11 heavy (non-hydrogen) atoms. The van der Waals surface area contributed by atoms with Crippen molar-refractivity contribution in [2.75, 3.05) is 12.3 Å². The Bertz CT molecular complexity index is 112. The van der Waals surface area contributed by atoms with Crippen LogP contribution in [0.4, 0.5) is 0 Å². The van der Waals surface area contributed by atoms with Gasteiger partial charge in [0.2, 0.25) is 0 Å². The molecule has 0 heterocycles. The minimum absolute atomic E-state index is 0.708. The van der Waals surface area contributed by atoms with E-state index in [4.69, 9.17) is 5.73 Å². The Labute approximate surface area is 74.4 Å². The highest BCUT2D eigenvalue weighted by molar-refractivity contribution is 7.99. The van der Waals surface area contributed by atoms with Crippen molar-refractivity contribution >= 4 is 11.8 Å². The number of hydrogen-bond donors (Lipinski definition) is 1. The molecule has 0 aromatic rings. The molecular formula is C9H19NS. The van der Waals surface area contributed by atoms with Gasteiger partial charge in [-0.1, -0.05) is 12.5 Å². The fraction of sp³-hybridized carbons (Fsp3) is 0.778. The summed E-state index contributed by atoms with van der Waals surface area (Å²) < 4.78 is 0. The monoisotopic (exact) mass is 173 g/mol. The summed E-state index contributed by atoms with van der Waals surface area (Å²) in [6.45, 7) is 8.98. The lowest BCUT2D eigenvalue weighted by atomic mass is 10.3. The van der Waals surface area contributed by atoms with Gasteiger partial charge in [0.05, 0.1) is 0 Å². The summed E-state index contributed by atoms with van der Waals surface area (Å²) in [5, 5.41) is 0.708. The molecule has 0 saturated heterocycles. The summed E-state index contributed by atoms with van der Waals surface area (Å²) in [6.07, 6.45) is 2.26. The van der Waals surface area contributed by atoms with Gasteiger partial charge >= 0.3 is 0 Å². The summed E-state index contributed by atoms with van der Waals surface area (Å²) in [7, 11) is 0. The minimum Gasteiger partial charge on any atom is -0.330 e. The van der Waals surface area contributed by atoms with Crippen LogP contribution in [0.5, 0.6) is 0 Å². The number of thioether (sulfide) groups is 1. The van der Waals surface area contributed by atoms with Crippen molar-refractivity contribution in [1.29, 1.82) is 0 Å². The zero-order valence-electron chi connectivity index (χ0n) is 7.60. The van der Waals surface area contributed by atoms with E-state index in [1.165, 1.54) is 11.3 Å². The van der Waals surface area contributed by atoms with Crippen molar-refractivity contribution in [3.63, 3.8) is 0 Å². The van der Waals surface area contributed by atoms with Crippen LogP contribution in [0.25, 0.3) is 0 Å². The maximum absolute atomic E-state index is 5.43. The number of nitrogens with two attached hydrogens (primary N) is 1. The van der Waals surface area contributed by atoms with Gasteiger partial charge in [-0.15, -0.1) is 6.58 Å². The van der Waals surface area contributed by atoms with Gasteiger partial charge in [-0.3, -0.25) is 0 Å². The highest BCUT2D eigenvalue weighted by Crippen LogP contribution is 2.15. The van der Waals surface area contributed by atoms with Crippen LogP contribution in [0.15, 0.2) is 12.2 Å². The van der Waals surface area contributed by atoms with E-state index >= 15 is 0 Å². The Morgan fingerprint density at radius 2 is 2.27 bits per heavy atom. The molecule has 0 spiro atoms. The average molecular weight is 173 g/mol. The number of hydrogen-bond acceptors (Lipinski definition) is 2. The largest absolute Gasteiger partial charge is 0.330 e. The van der Waals surface area contributed by atoms with Crippen LogP contribution in [0.1, 0.15) is 26.7 Å². The Hall–Kier alpha value is 0.0500. The second kappa shape index (κ2) is 6.74. The van der Waals surface area contributed by atoms with Crippen molar-refractivity contribution in [3.8, 4) is 0 Å². The molecule has 0 aliphatic rings. The van der Waals surface area contributed by atoms with E-state index in [9.17, 15) is 0 Å². The predicted molar refractivity (Wildman–Crippen MR) is 55.0 cm³/mol. The standard InChI is InChI=1S/C9H19NS/c1-8(2)5-7-11-9(3)4-6-10/h9H,1,4-7,10H2,2-3H3. The van der Waals surface area contributed by atoms with Crippen molar-refractivity contribution in [2.24, 2.45) is 5.73 Å². The molecule has 0 amide bonds. The molecule has 0 fully saturated rings. The molecule has 0 aromatic heterocycles. The second-order valence-electron chi connectivity index (χ2n) is 2.97. The van der Waals surface area contributed by atoms with Crippen LogP contribution in [-0.2, 0) is 0 Å². The van der Waals surface area contributed by atoms with E-state index < -0.39 is 0 Å². The lowest BCUT2D eigenvalue weighted by molar-refractivity contribution is 0.822. The first-order valence-corrected chi connectivity index (χ1v) is 5.17. The molecule has 0 bridgehead atoms. The van der Waals surface area contributed by atoms with Crippen LogP contribution in [0, 0.1) is 0 Å². The van der Waals surface area contributed by atoms with Crippen LogP contribution < -0.4 is 5.73 Å². The summed E-state index contributed by atoms with van der Waals surface area (Å²) in [4.78, 5) is 0. The van der Waals surface area contributed by atoms with Crippen LogP contribution >= 0.6 is 11.8 Å². The van der Waals surface area contributed by atoms with Crippen molar-refractivity contribution in [1.82, 2.24) is 0 Å². The van der Waals surface area contributed by atoms with E-state index in [-0.39, 0.29) is 0 Å². The predicted octanol–water partition coefficient (Wildman–Crippen LogP) is 2.42. The highest BCUT2D eigenvalue weighted by atomic mass is 32.2. The van der Waals surface area contributed by atoms with Crippen LogP contribution in [-0.4, -0.2) is 17.5 Å². The van der Waals surface area contributed by atoms with Crippen molar-refractivity contribution in [3.05, 3.63) is 12.2 Å². The van der Waals surface area contributed by atoms with E-state index in [1.54, 1.807) is 0 Å². The Kier molecular flexibility index (Phi) is 6.77. The SMILES string of the molecule is C=C(C)CCSC(C)CCN. The van der Waals surface area contributed by atoms with Gasteiger partial charge in [0, 0.05) is 5.25 Å². The third kappa shape index (κ3) is 7.95. The first-order valence-electron chi connectivity index (χ1n) is 4.13. The zero-order chi connectivity index (χ0) is 8.69. The second-order valence-corrected chi connectivity index (χ2v) is 4.51. The maximum Gasteiger partial charge on any atom is 0.00308 e. The Morgan fingerprint density at radius 3 is 2.73 bits per heavy atom. The van der Waals surface area contributed by atoms with E-state index in [0.717, 1.165) is 19.4 Å². The van der Waals surface area contributed by atoms with Crippen LogP contribution in [0.2, 0.25) is 0 Å². The molecule has 0 aliphatic carbocycles. The third-order valence-electron chi connectivity index (χ3n) is 1.50. The number of allylic oxidation sites excluding steroid dienone is 1. The Morgan fingerprint density at radius 1 is 1.64 bits per heavy atom. The van der Waals surface area contributed by atoms with E-state index in [0.29, 0.717) is 5.25 Å². The van der Waals surface area contributed by atoms with E-state index in [1.807, 2.05) is 11.8 Å². The molecule has 0 radical (unpaired) electrons. The topological polar surface area (TPSA) is 26.0 Å².